The number of rotatable bonds is 7. The van der Waals surface area contributed by atoms with Crippen LogP contribution in [0.5, 0.6) is 11.5 Å². The van der Waals surface area contributed by atoms with E-state index in [2.05, 4.69) is 19.2 Å². The normalized spacial score (nSPS) is 15.2. The molecule has 166 valence electrons. The third-order valence-corrected chi connectivity index (χ3v) is 5.28. The molecule has 3 rings (SSSR count). The molecule has 0 saturated heterocycles. The molecule has 2 aromatic carbocycles. The monoisotopic (exact) mass is 424 g/mol. The van der Waals surface area contributed by atoms with Crippen LogP contribution in [0.4, 0.5) is 11.4 Å². The summed E-state index contributed by atoms with van der Waals surface area (Å²) in [6.45, 7) is 11.5. The van der Waals surface area contributed by atoms with E-state index in [1.54, 1.807) is 35.2 Å². The summed E-state index contributed by atoms with van der Waals surface area (Å²) in [4.78, 5) is 27.7. The van der Waals surface area contributed by atoms with Crippen molar-refractivity contribution in [1.29, 1.82) is 0 Å². The van der Waals surface area contributed by atoms with Crippen molar-refractivity contribution < 1.29 is 19.1 Å². The van der Waals surface area contributed by atoms with Gasteiger partial charge in [-0.2, -0.15) is 0 Å². The Morgan fingerprint density at radius 3 is 2.55 bits per heavy atom. The van der Waals surface area contributed by atoms with Crippen LogP contribution in [0.25, 0.3) is 0 Å². The molecule has 0 saturated carbocycles. The van der Waals surface area contributed by atoms with Crippen LogP contribution < -0.4 is 19.7 Å². The van der Waals surface area contributed by atoms with E-state index < -0.39 is 5.41 Å². The van der Waals surface area contributed by atoms with Gasteiger partial charge in [0.15, 0.2) is 0 Å². The zero-order chi connectivity index (χ0) is 22.6. The number of hydrogen-bond donors (Lipinski definition) is 1. The molecule has 2 aromatic rings. The van der Waals surface area contributed by atoms with Gasteiger partial charge in [-0.05, 0) is 75.6 Å². The lowest BCUT2D eigenvalue weighted by Crippen LogP contribution is -2.42. The van der Waals surface area contributed by atoms with E-state index in [0.717, 1.165) is 12.2 Å². The third-order valence-electron chi connectivity index (χ3n) is 5.28. The van der Waals surface area contributed by atoms with Crippen molar-refractivity contribution in [2.45, 2.75) is 41.0 Å². The molecule has 6 heteroatoms. The number of carbonyl (C=O) groups is 2. The highest BCUT2D eigenvalue weighted by Crippen LogP contribution is 2.38. The van der Waals surface area contributed by atoms with Crippen LogP contribution in [0, 0.1) is 11.3 Å². The Morgan fingerprint density at radius 1 is 1.19 bits per heavy atom. The van der Waals surface area contributed by atoms with Crippen molar-refractivity contribution >= 4 is 23.2 Å². The first kappa shape index (κ1) is 22.7. The third kappa shape index (κ3) is 5.37. The number of nitrogens with zero attached hydrogens (tertiary/aromatic N) is 1. The molecule has 0 fully saturated rings. The Labute approximate surface area is 184 Å². The highest BCUT2D eigenvalue weighted by molar-refractivity contribution is 6.05. The van der Waals surface area contributed by atoms with Gasteiger partial charge in [0, 0.05) is 17.8 Å². The van der Waals surface area contributed by atoms with Crippen molar-refractivity contribution in [3.63, 3.8) is 0 Å². The van der Waals surface area contributed by atoms with Gasteiger partial charge in [-0.3, -0.25) is 9.59 Å². The Kier molecular flexibility index (Phi) is 6.88. The molecule has 1 aliphatic rings. The number of anilines is 2. The van der Waals surface area contributed by atoms with Crippen molar-refractivity contribution in [3.05, 3.63) is 48.0 Å². The summed E-state index contributed by atoms with van der Waals surface area (Å²) in [6, 6.07) is 12.5. The summed E-state index contributed by atoms with van der Waals surface area (Å²) in [6.07, 6.45) is 0.879. The maximum absolute atomic E-state index is 13.2. The summed E-state index contributed by atoms with van der Waals surface area (Å²) < 4.78 is 11.4. The summed E-state index contributed by atoms with van der Waals surface area (Å²) in [7, 11) is 0. The summed E-state index contributed by atoms with van der Waals surface area (Å²) in [5.74, 6) is 1.65. The van der Waals surface area contributed by atoms with E-state index in [0.29, 0.717) is 48.4 Å². The number of benzene rings is 2. The van der Waals surface area contributed by atoms with Crippen LogP contribution in [0.2, 0.25) is 0 Å². The second kappa shape index (κ2) is 9.41. The lowest BCUT2D eigenvalue weighted by molar-refractivity contribution is -0.127. The molecule has 0 bridgehead atoms. The molecular formula is C25H32N2O4. The molecule has 1 aliphatic heterocycles. The fourth-order valence-corrected chi connectivity index (χ4v) is 3.40. The quantitative estimate of drug-likeness (QED) is 0.669. The number of ether oxygens (including phenoxy) is 2. The Bertz CT molecular complexity index is 935. The van der Waals surface area contributed by atoms with E-state index in [-0.39, 0.29) is 11.8 Å². The van der Waals surface area contributed by atoms with Gasteiger partial charge in [0.1, 0.15) is 18.1 Å². The molecule has 1 heterocycles. The largest absolute Gasteiger partial charge is 0.494 e. The maximum Gasteiger partial charge on any atom is 0.255 e. The highest BCUT2D eigenvalue weighted by atomic mass is 16.5. The van der Waals surface area contributed by atoms with Gasteiger partial charge < -0.3 is 19.7 Å². The minimum absolute atomic E-state index is 0.0295. The molecule has 0 aromatic heterocycles. The summed E-state index contributed by atoms with van der Waals surface area (Å²) in [5, 5.41) is 2.93. The van der Waals surface area contributed by atoms with Gasteiger partial charge in [0.25, 0.3) is 5.91 Å². The zero-order valence-corrected chi connectivity index (χ0v) is 19.0. The van der Waals surface area contributed by atoms with Crippen molar-refractivity contribution in [2.24, 2.45) is 11.3 Å². The first-order chi connectivity index (χ1) is 14.7. The minimum Gasteiger partial charge on any atom is -0.494 e. The predicted octanol–water partition coefficient (Wildman–Crippen LogP) is 5.14. The van der Waals surface area contributed by atoms with Crippen LogP contribution in [0.1, 0.15) is 51.4 Å². The molecule has 0 aliphatic carbocycles. The fourth-order valence-electron chi connectivity index (χ4n) is 3.40. The summed E-state index contributed by atoms with van der Waals surface area (Å²) >= 11 is 0. The highest BCUT2D eigenvalue weighted by Gasteiger charge is 2.37. The van der Waals surface area contributed by atoms with Crippen molar-refractivity contribution in [2.75, 3.05) is 30.0 Å². The van der Waals surface area contributed by atoms with E-state index in [9.17, 15) is 9.59 Å². The zero-order valence-electron chi connectivity index (χ0n) is 19.0. The first-order valence-electron chi connectivity index (χ1n) is 10.8. The SMILES string of the molecule is CCOc1ccc(C(=O)Nc2ccc3c(c2)N(CCC(C)C)C(=O)C(C)(C)CO3)cc1. The van der Waals surface area contributed by atoms with Gasteiger partial charge in [-0.25, -0.2) is 0 Å². The lowest BCUT2D eigenvalue weighted by atomic mass is 9.92. The molecule has 6 nitrogen and oxygen atoms in total. The van der Waals surface area contributed by atoms with Crippen LogP contribution in [-0.4, -0.2) is 31.6 Å². The molecule has 31 heavy (non-hydrogen) atoms. The number of hydrogen-bond acceptors (Lipinski definition) is 4. The van der Waals surface area contributed by atoms with Crippen LogP contribution in [0.3, 0.4) is 0 Å². The van der Waals surface area contributed by atoms with Crippen molar-refractivity contribution in [1.82, 2.24) is 0 Å². The Balaban J connectivity index is 1.85. The smallest absolute Gasteiger partial charge is 0.255 e. The molecule has 0 spiro atoms. The average Bonchev–Trinajstić information content (AvgIpc) is 2.82. The molecule has 0 unspecified atom stereocenters. The van der Waals surface area contributed by atoms with E-state index in [4.69, 9.17) is 9.47 Å². The van der Waals surface area contributed by atoms with Gasteiger partial charge in [-0.1, -0.05) is 13.8 Å². The second-order valence-electron chi connectivity index (χ2n) is 8.91. The van der Waals surface area contributed by atoms with Crippen molar-refractivity contribution in [3.8, 4) is 11.5 Å². The maximum atomic E-state index is 13.2. The number of amides is 2. The van der Waals surface area contributed by atoms with Gasteiger partial charge in [-0.15, -0.1) is 0 Å². The number of carbonyl (C=O) groups excluding carboxylic acids is 2. The molecule has 2 amide bonds. The number of fused-ring (bicyclic) bond motifs is 1. The average molecular weight is 425 g/mol. The lowest BCUT2D eigenvalue weighted by Gasteiger charge is -2.28. The van der Waals surface area contributed by atoms with Crippen LogP contribution in [0.15, 0.2) is 42.5 Å². The first-order valence-corrected chi connectivity index (χ1v) is 10.8. The van der Waals surface area contributed by atoms with E-state index >= 15 is 0 Å². The van der Waals surface area contributed by atoms with Crippen LogP contribution >= 0.6 is 0 Å². The van der Waals surface area contributed by atoms with Crippen LogP contribution in [-0.2, 0) is 4.79 Å². The predicted molar refractivity (Wildman–Crippen MR) is 123 cm³/mol. The minimum atomic E-state index is -0.623. The Morgan fingerprint density at radius 2 is 1.90 bits per heavy atom. The molecule has 0 atom stereocenters. The standard InChI is InChI=1S/C25H32N2O4/c1-6-30-20-10-7-18(8-11-20)23(28)26-19-9-12-22-21(15-19)27(14-13-17(2)3)24(29)25(4,5)16-31-22/h7-12,15,17H,6,13-14,16H2,1-5H3,(H,26,28). The Hall–Kier alpha value is -3.02. The van der Waals surface area contributed by atoms with Gasteiger partial charge in [0.2, 0.25) is 5.91 Å². The van der Waals surface area contributed by atoms with Gasteiger partial charge in [0.05, 0.1) is 17.7 Å². The van der Waals surface area contributed by atoms with Gasteiger partial charge >= 0.3 is 0 Å². The second-order valence-corrected chi connectivity index (χ2v) is 8.91. The number of nitrogens with one attached hydrogen (secondary N) is 1. The molecule has 0 radical (unpaired) electrons. The molecular weight excluding hydrogens is 392 g/mol. The van der Waals surface area contributed by atoms with E-state index in [1.165, 1.54) is 0 Å². The summed E-state index contributed by atoms with van der Waals surface area (Å²) in [5.41, 5.74) is 1.22. The topological polar surface area (TPSA) is 67.9 Å². The van der Waals surface area contributed by atoms with E-state index in [1.807, 2.05) is 32.9 Å². The fraction of sp³-hybridized carbons (Fsp3) is 0.440. The molecule has 1 N–H and O–H groups in total.